The molecule has 1 aliphatic rings. The number of carbonyl (C=O) groups is 2. The number of aliphatic imine (C=N–C) groups is 1. The summed E-state index contributed by atoms with van der Waals surface area (Å²) in [6.45, 7) is 5.36. The predicted octanol–water partition coefficient (Wildman–Crippen LogP) is 4.97. The summed E-state index contributed by atoms with van der Waals surface area (Å²) in [5, 5.41) is 2.22. The van der Waals surface area contributed by atoms with E-state index >= 15 is 0 Å². The minimum absolute atomic E-state index is 0.0636. The molecule has 9 heteroatoms. The van der Waals surface area contributed by atoms with Gasteiger partial charge in [0, 0.05) is 17.9 Å². The summed E-state index contributed by atoms with van der Waals surface area (Å²) in [6.07, 6.45) is 1.60. The third kappa shape index (κ3) is 5.15. The number of carbonyl (C=O) groups excluding carboxylic acids is 2. The van der Waals surface area contributed by atoms with Crippen LogP contribution in [0.3, 0.4) is 0 Å². The highest BCUT2D eigenvalue weighted by Crippen LogP contribution is 2.31. The molecule has 0 saturated carbocycles. The van der Waals surface area contributed by atoms with E-state index < -0.39 is 5.97 Å². The van der Waals surface area contributed by atoms with Crippen LogP contribution in [-0.4, -0.2) is 36.0 Å². The second-order valence-electron chi connectivity index (χ2n) is 7.63. The van der Waals surface area contributed by atoms with Crippen LogP contribution in [0.15, 0.2) is 64.6 Å². The average molecular weight is 478 g/mol. The maximum Gasteiger partial charge on any atom is 0.363 e. The summed E-state index contributed by atoms with van der Waals surface area (Å²) < 4.78 is 16.2. The lowest BCUT2D eigenvalue weighted by Gasteiger charge is -2.18. The average Bonchev–Trinajstić information content (AvgIpc) is 3.41. The Balaban J connectivity index is 1.56. The molecule has 34 heavy (non-hydrogen) atoms. The van der Waals surface area contributed by atoms with Gasteiger partial charge in [0.15, 0.2) is 10.8 Å². The Labute approximate surface area is 201 Å². The van der Waals surface area contributed by atoms with Crippen LogP contribution in [0.25, 0.3) is 6.08 Å². The second kappa shape index (κ2) is 9.88. The van der Waals surface area contributed by atoms with Gasteiger partial charge >= 0.3 is 5.97 Å². The second-order valence-corrected chi connectivity index (χ2v) is 8.47. The first kappa shape index (κ1) is 23.2. The van der Waals surface area contributed by atoms with Crippen molar-refractivity contribution in [1.29, 1.82) is 0 Å². The van der Waals surface area contributed by atoms with Gasteiger partial charge in [-0.15, -0.1) is 11.3 Å². The van der Waals surface area contributed by atoms with Crippen LogP contribution in [0.2, 0.25) is 0 Å². The number of rotatable bonds is 7. The SMILES string of the molecule is COc1ccc(N(C(C)=O)c2nc(/C=C3/N=C(c4ccc(OC(C)C)cc4)OC3=O)cs2)cc1. The molecule has 0 N–H and O–H groups in total. The standard InChI is InChI=1S/C25H23N3O5S/c1-15(2)32-21-9-5-17(6-10-21)23-27-22(24(30)33-23)13-18-14-34-25(26-18)28(16(3)29)19-7-11-20(31-4)12-8-19/h5-15H,1-4H3/b22-13+. The van der Waals surface area contributed by atoms with Gasteiger partial charge in [0.2, 0.25) is 11.8 Å². The van der Waals surface area contributed by atoms with E-state index in [4.69, 9.17) is 14.2 Å². The van der Waals surface area contributed by atoms with Crippen molar-refractivity contribution in [3.05, 3.63) is 70.9 Å². The molecule has 1 aromatic heterocycles. The van der Waals surface area contributed by atoms with E-state index in [-0.39, 0.29) is 23.6 Å². The minimum atomic E-state index is -0.564. The summed E-state index contributed by atoms with van der Waals surface area (Å²) in [5.41, 5.74) is 1.95. The molecule has 4 rings (SSSR count). The van der Waals surface area contributed by atoms with Crippen molar-refractivity contribution >= 4 is 46.0 Å². The smallest absolute Gasteiger partial charge is 0.363 e. The molecule has 0 spiro atoms. The van der Waals surface area contributed by atoms with E-state index in [0.717, 1.165) is 5.75 Å². The molecule has 0 radical (unpaired) electrons. The quantitative estimate of drug-likeness (QED) is 0.353. The summed E-state index contributed by atoms with van der Waals surface area (Å²) in [4.78, 5) is 35.0. The summed E-state index contributed by atoms with van der Waals surface area (Å²) in [7, 11) is 1.58. The Morgan fingerprint density at radius 3 is 2.38 bits per heavy atom. The third-order valence-electron chi connectivity index (χ3n) is 4.72. The van der Waals surface area contributed by atoms with Gasteiger partial charge in [-0.25, -0.2) is 14.8 Å². The Morgan fingerprint density at radius 1 is 1.09 bits per heavy atom. The number of hydrogen-bond donors (Lipinski definition) is 0. The maximum atomic E-state index is 12.4. The fourth-order valence-corrected chi connectivity index (χ4v) is 4.07. The molecule has 2 aromatic carbocycles. The van der Waals surface area contributed by atoms with Gasteiger partial charge in [-0.2, -0.15) is 0 Å². The molecule has 0 fully saturated rings. The maximum absolute atomic E-state index is 12.4. The van der Waals surface area contributed by atoms with Crippen molar-refractivity contribution in [2.24, 2.45) is 4.99 Å². The largest absolute Gasteiger partial charge is 0.497 e. The zero-order chi connectivity index (χ0) is 24.2. The number of benzene rings is 2. The van der Waals surface area contributed by atoms with Crippen molar-refractivity contribution in [1.82, 2.24) is 4.98 Å². The van der Waals surface area contributed by atoms with Crippen LogP contribution in [0.4, 0.5) is 10.8 Å². The molecule has 0 saturated heterocycles. The monoisotopic (exact) mass is 477 g/mol. The van der Waals surface area contributed by atoms with E-state index in [9.17, 15) is 9.59 Å². The molecule has 0 aliphatic carbocycles. The molecule has 0 unspecified atom stereocenters. The summed E-state index contributed by atoms with van der Waals surface area (Å²) in [5.74, 6) is 0.870. The molecule has 1 aliphatic heterocycles. The van der Waals surface area contributed by atoms with Crippen molar-refractivity contribution in [2.45, 2.75) is 26.9 Å². The van der Waals surface area contributed by atoms with Gasteiger partial charge < -0.3 is 14.2 Å². The van der Waals surface area contributed by atoms with Crippen LogP contribution < -0.4 is 14.4 Å². The van der Waals surface area contributed by atoms with Gasteiger partial charge in [-0.05, 0) is 68.5 Å². The van der Waals surface area contributed by atoms with Crippen LogP contribution in [-0.2, 0) is 14.3 Å². The molecule has 3 aromatic rings. The molecular formula is C25H23N3O5S. The van der Waals surface area contributed by atoms with Crippen molar-refractivity contribution in [2.75, 3.05) is 12.0 Å². The highest BCUT2D eigenvalue weighted by molar-refractivity contribution is 7.14. The van der Waals surface area contributed by atoms with Crippen LogP contribution in [0.1, 0.15) is 32.0 Å². The number of nitrogens with zero attached hydrogens (tertiary/aromatic N) is 3. The van der Waals surface area contributed by atoms with E-state index in [0.29, 0.717) is 27.8 Å². The van der Waals surface area contributed by atoms with E-state index in [1.165, 1.54) is 29.2 Å². The van der Waals surface area contributed by atoms with Gasteiger partial charge in [-0.1, -0.05) is 0 Å². The third-order valence-corrected chi connectivity index (χ3v) is 5.57. The van der Waals surface area contributed by atoms with Gasteiger partial charge in [-0.3, -0.25) is 9.69 Å². The van der Waals surface area contributed by atoms with E-state index in [1.807, 2.05) is 13.8 Å². The summed E-state index contributed by atoms with van der Waals surface area (Å²) in [6, 6.07) is 14.3. The lowest BCUT2D eigenvalue weighted by Crippen LogP contribution is -2.22. The first-order valence-electron chi connectivity index (χ1n) is 10.5. The Bertz CT molecular complexity index is 1260. The zero-order valence-electron chi connectivity index (χ0n) is 19.1. The highest BCUT2D eigenvalue weighted by Gasteiger charge is 2.25. The highest BCUT2D eigenvalue weighted by atomic mass is 32.1. The lowest BCUT2D eigenvalue weighted by molar-refractivity contribution is -0.130. The van der Waals surface area contributed by atoms with Crippen LogP contribution in [0, 0.1) is 0 Å². The molecule has 8 nitrogen and oxygen atoms in total. The predicted molar refractivity (Wildman–Crippen MR) is 131 cm³/mol. The number of anilines is 2. The number of cyclic esters (lactones) is 1. The van der Waals surface area contributed by atoms with Gasteiger partial charge in [0.25, 0.3) is 0 Å². The van der Waals surface area contributed by atoms with Gasteiger partial charge in [0.05, 0.1) is 24.6 Å². The van der Waals surface area contributed by atoms with Gasteiger partial charge in [0.1, 0.15) is 11.5 Å². The first-order valence-corrected chi connectivity index (χ1v) is 11.4. The van der Waals surface area contributed by atoms with Crippen LogP contribution in [0.5, 0.6) is 11.5 Å². The Kier molecular flexibility index (Phi) is 6.74. The normalized spacial score (nSPS) is 14.2. The number of ether oxygens (including phenoxy) is 3. The number of aromatic nitrogens is 1. The first-order chi connectivity index (χ1) is 16.3. The number of hydrogen-bond acceptors (Lipinski definition) is 8. The van der Waals surface area contributed by atoms with E-state index in [1.54, 1.807) is 61.0 Å². The summed E-state index contributed by atoms with van der Waals surface area (Å²) >= 11 is 1.28. The number of thiazole rings is 1. The Hall–Kier alpha value is -3.98. The molecule has 1 amide bonds. The zero-order valence-corrected chi connectivity index (χ0v) is 20.0. The topological polar surface area (TPSA) is 90.3 Å². The van der Waals surface area contributed by atoms with Crippen molar-refractivity contribution < 1.29 is 23.8 Å². The lowest BCUT2D eigenvalue weighted by atomic mass is 10.2. The fraction of sp³-hybridized carbons (Fsp3) is 0.200. The number of methoxy groups -OCH3 is 1. The molecular weight excluding hydrogens is 454 g/mol. The minimum Gasteiger partial charge on any atom is -0.497 e. The van der Waals surface area contributed by atoms with Crippen molar-refractivity contribution in [3.8, 4) is 11.5 Å². The number of amides is 1. The molecule has 174 valence electrons. The van der Waals surface area contributed by atoms with Crippen LogP contribution >= 0.6 is 11.3 Å². The Morgan fingerprint density at radius 2 is 1.76 bits per heavy atom. The molecule has 2 heterocycles. The van der Waals surface area contributed by atoms with Crippen molar-refractivity contribution in [3.63, 3.8) is 0 Å². The number of esters is 1. The van der Waals surface area contributed by atoms with E-state index in [2.05, 4.69) is 9.98 Å². The molecule has 0 bridgehead atoms. The molecule has 0 atom stereocenters. The fourth-order valence-electron chi connectivity index (χ4n) is 3.22.